The molecule has 0 radical (unpaired) electrons. The number of para-hydroxylation sites is 2. The lowest BCUT2D eigenvalue weighted by atomic mass is 10.1. The third-order valence-corrected chi connectivity index (χ3v) is 3.70. The fourth-order valence-electron chi connectivity index (χ4n) is 2.42. The fourth-order valence-corrected chi connectivity index (χ4v) is 2.42. The molecule has 0 saturated heterocycles. The number of nitrogens with zero attached hydrogens (tertiary/aromatic N) is 1. The van der Waals surface area contributed by atoms with E-state index in [2.05, 4.69) is 4.98 Å². The first kappa shape index (κ1) is 15.1. The minimum Gasteiger partial charge on any atom is -0.481 e. The highest BCUT2D eigenvalue weighted by molar-refractivity contribution is 5.84. The molecule has 0 unspecified atom stereocenters. The summed E-state index contributed by atoms with van der Waals surface area (Å²) in [6.45, 7) is 0.267. The Hall–Kier alpha value is -2.82. The SMILES string of the molecule is CN(Cc1c[nH]c2ccccc12)C(=O)COc1ccccc1F. The zero-order valence-corrected chi connectivity index (χ0v) is 12.8. The molecule has 0 aliphatic carbocycles. The van der Waals surface area contributed by atoms with Crippen molar-refractivity contribution in [1.29, 1.82) is 0 Å². The number of carbonyl (C=O) groups excluding carboxylic acids is 1. The number of hydrogen-bond donors (Lipinski definition) is 1. The van der Waals surface area contributed by atoms with Crippen LogP contribution in [0.2, 0.25) is 0 Å². The Kier molecular flexibility index (Phi) is 4.28. The lowest BCUT2D eigenvalue weighted by Gasteiger charge is -2.17. The van der Waals surface area contributed by atoms with Crippen molar-refractivity contribution in [2.45, 2.75) is 6.54 Å². The predicted molar refractivity (Wildman–Crippen MR) is 86.7 cm³/mol. The molecule has 23 heavy (non-hydrogen) atoms. The number of fused-ring (bicyclic) bond motifs is 1. The quantitative estimate of drug-likeness (QED) is 0.785. The number of nitrogens with one attached hydrogen (secondary N) is 1. The van der Waals surface area contributed by atoms with Crippen LogP contribution in [0.5, 0.6) is 5.75 Å². The first-order chi connectivity index (χ1) is 11.1. The van der Waals surface area contributed by atoms with E-state index in [4.69, 9.17) is 4.74 Å². The monoisotopic (exact) mass is 312 g/mol. The van der Waals surface area contributed by atoms with Gasteiger partial charge in [0.2, 0.25) is 0 Å². The molecule has 3 aromatic rings. The molecule has 3 rings (SSSR count). The van der Waals surface area contributed by atoms with Gasteiger partial charge in [0.1, 0.15) is 0 Å². The zero-order valence-electron chi connectivity index (χ0n) is 12.8. The summed E-state index contributed by atoms with van der Waals surface area (Å²) in [6.07, 6.45) is 1.90. The van der Waals surface area contributed by atoms with Crippen LogP contribution in [0.1, 0.15) is 5.56 Å². The number of H-pyrrole nitrogens is 1. The van der Waals surface area contributed by atoms with Gasteiger partial charge in [-0.2, -0.15) is 0 Å². The average Bonchev–Trinajstić information content (AvgIpc) is 2.97. The van der Waals surface area contributed by atoms with Crippen molar-refractivity contribution in [3.05, 3.63) is 66.1 Å². The molecule has 1 N–H and O–H groups in total. The second-order valence-corrected chi connectivity index (χ2v) is 5.33. The Balaban J connectivity index is 1.63. The third-order valence-electron chi connectivity index (χ3n) is 3.70. The maximum Gasteiger partial charge on any atom is 0.260 e. The number of aromatic amines is 1. The topological polar surface area (TPSA) is 45.3 Å². The number of rotatable bonds is 5. The van der Waals surface area contributed by atoms with Crippen LogP contribution in [0.3, 0.4) is 0 Å². The van der Waals surface area contributed by atoms with E-state index in [9.17, 15) is 9.18 Å². The van der Waals surface area contributed by atoms with Gasteiger partial charge in [0.15, 0.2) is 18.2 Å². The molecule has 0 fully saturated rings. The van der Waals surface area contributed by atoms with Gasteiger partial charge in [-0.3, -0.25) is 4.79 Å². The van der Waals surface area contributed by atoms with Gasteiger partial charge in [-0.1, -0.05) is 30.3 Å². The van der Waals surface area contributed by atoms with Crippen LogP contribution in [0.25, 0.3) is 10.9 Å². The number of likely N-dealkylation sites (N-methyl/N-ethyl adjacent to an activating group) is 1. The maximum atomic E-state index is 13.5. The largest absolute Gasteiger partial charge is 0.481 e. The molecule has 118 valence electrons. The summed E-state index contributed by atoms with van der Waals surface area (Å²) < 4.78 is 18.7. The van der Waals surface area contributed by atoms with Gasteiger partial charge in [-0.25, -0.2) is 4.39 Å². The Morgan fingerprint density at radius 3 is 2.74 bits per heavy atom. The van der Waals surface area contributed by atoms with Crippen molar-refractivity contribution in [3.8, 4) is 5.75 Å². The van der Waals surface area contributed by atoms with E-state index >= 15 is 0 Å². The second kappa shape index (κ2) is 6.52. The molecule has 0 saturated carbocycles. The van der Waals surface area contributed by atoms with E-state index in [1.165, 1.54) is 12.1 Å². The van der Waals surface area contributed by atoms with E-state index < -0.39 is 5.82 Å². The lowest BCUT2D eigenvalue weighted by Crippen LogP contribution is -2.31. The summed E-state index contributed by atoms with van der Waals surface area (Å²) in [5, 5.41) is 1.09. The van der Waals surface area contributed by atoms with Gasteiger partial charge in [0.05, 0.1) is 0 Å². The van der Waals surface area contributed by atoms with Crippen molar-refractivity contribution >= 4 is 16.8 Å². The second-order valence-electron chi connectivity index (χ2n) is 5.33. The Morgan fingerprint density at radius 1 is 1.17 bits per heavy atom. The number of halogens is 1. The molecule has 0 aliphatic rings. The van der Waals surface area contributed by atoms with Crippen molar-refractivity contribution in [1.82, 2.24) is 9.88 Å². The van der Waals surface area contributed by atoms with Gasteiger partial charge in [-0.15, -0.1) is 0 Å². The molecule has 2 aromatic carbocycles. The predicted octanol–water partition coefficient (Wildman–Crippen LogP) is 3.34. The average molecular weight is 312 g/mol. The third kappa shape index (κ3) is 3.34. The lowest BCUT2D eigenvalue weighted by molar-refractivity contribution is -0.132. The molecular weight excluding hydrogens is 295 g/mol. The highest BCUT2D eigenvalue weighted by Crippen LogP contribution is 2.19. The van der Waals surface area contributed by atoms with Crippen LogP contribution >= 0.6 is 0 Å². The number of benzene rings is 2. The minimum absolute atomic E-state index is 0.0846. The summed E-state index contributed by atoms with van der Waals surface area (Å²) in [4.78, 5) is 16.9. The number of carbonyl (C=O) groups is 1. The van der Waals surface area contributed by atoms with E-state index in [0.717, 1.165) is 16.5 Å². The van der Waals surface area contributed by atoms with Gasteiger partial charge in [0, 0.05) is 30.7 Å². The summed E-state index contributed by atoms with van der Waals surface area (Å²) in [5.74, 6) is -0.598. The van der Waals surface area contributed by atoms with Gasteiger partial charge >= 0.3 is 0 Å². The standard InChI is InChI=1S/C18H17FN2O2/c1-21(11-13-10-20-16-8-4-2-6-14(13)16)18(22)12-23-17-9-5-3-7-15(17)19/h2-10,20H,11-12H2,1H3. The molecule has 0 aliphatic heterocycles. The van der Waals surface area contributed by atoms with Crippen molar-refractivity contribution in [3.63, 3.8) is 0 Å². The number of aromatic nitrogens is 1. The Labute approximate surface area is 133 Å². The Bertz CT molecular complexity index is 829. The molecule has 4 nitrogen and oxygen atoms in total. The first-order valence-electron chi connectivity index (χ1n) is 7.31. The van der Waals surface area contributed by atoms with Crippen LogP contribution in [-0.4, -0.2) is 29.4 Å². The summed E-state index contributed by atoms with van der Waals surface area (Å²) in [7, 11) is 1.70. The van der Waals surface area contributed by atoms with Gasteiger partial charge in [0.25, 0.3) is 5.91 Å². The number of amides is 1. The van der Waals surface area contributed by atoms with Crippen LogP contribution in [0, 0.1) is 5.82 Å². The molecular formula is C18H17FN2O2. The van der Waals surface area contributed by atoms with Crippen LogP contribution in [0.4, 0.5) is 4.39 Å². The van der Waals surface area contributed by atoms with E-state index in [1.807, 2.05) is 30.5 Å². The summed E-state index contributed by atoms with van der Waals surface area (Å²) in [5.41, 5.74) is 2.06. The first-order valence-corrected chi connectivity index (χ1v) is 7.31. The van der Waals surface area contributed by atoms with Gasteiger partial charge in [-0.05, 0) is 23.8 Å². The Morgan fingerprint density at radius 2 is 1.91 bits per heavy atom. The highest BCUT2D eigenvalue weighted by Gasteiger charge is 2.13. The van der Waals surface area contributed by atoms with Crippen molar-refractivity contribution in [2.24, 2.45) is 0 Å². The number of hydrogen-bond acceptors (Lipinski definition) is 2. The van der Waals surface area contributed by atoms with Crippen molar-refractivity contribution in [2.75, 3.05) is 13.7 Å². The maximum absolute atomic E-state index is 13.5. The molecule has 5 heteroatoms. The van der Waals surface area contributed by atoms with Crippen LogP contribution < -0.4 is 4.74 Å². The molecule has 1 heterocycles. The molecule has 0 bridgehead atoms. The van der Waals surface area contributed by atoms with E-state index in [-0.39, 0.29) is 18.3 Å². The van der Waals surface area contributed by atoms with Crippen LogP contribution in [-0.2, 0) is 11.3 Å². The van der Waals surface area contributed by atoms with E-state index in [0.29, 0.717) is 6.54 Å². The number of ether oxygens (including phenoxy) is 1. The molecule has 0 spiro atoms. The molecule has 1 amide bonds. The minimum atomic E-state index is -0.473. The van der Waals surface area contributed by atoms with Crippen LogP contribution in [0.15, 0.2) is 54.7 Å². The fraction of sp³-hybridized carbons (Fsp3) is 0.167. The normalized spacial score (nSPS) is 10.7. The summed E-state index contributed by atoms with van der Waals surface area (Å²) in [6, 6.07) is 14.0. The van der Waals surface area contributed by atoms with Crippen molar-refractivity contribution < 1.29 is 13.9 Å². The summed E-state index contributed by atoms with van der Waals surface area (Å²) >= 11 is 0. The van der Waals surface area contributed by atoms with Gasteiger partial charge < -0.3 is 14.6 Å². The van der Waals surface area contributed by atoms with E-state index in [1.54, 1.807) is 24.1 Å². The molecule has 0 atom stereocenters. The smallest absolute Gasteiger partial charge is 0.260 e. The zero-order chi connectivity index (χ0) is 16.2. The molecule has 1 aromatic heterocycles. The highest BCUT2D eigenvalue weighted by atomic mass is 19.1.